The normalized spacial score (nSPS) is 12.9. The van der Waals surface area contributed by atoms with E-state index in [4.69, 9.17) is 5.26 Å². The summed E-state index contributed by atoms with van der Waals surface area (Å²) in [5.41, 5.74) is 2.97. The lowest BCUT2D eigenvalue weighted by Crippen LogP contribution is -2.29. The molecule has 0 saturated heterocycles. The largest absolute Gasteiger partial charge is 0.306 e. The summed E-state index contributed by atoms with van der Waals surface area (Å²) in [5, 5.41) is 8.72. The highest BCUT2D eigenvalue weighted by Gasteiger charge is 2.25. The molecular formula is C15H11N3O. The van der Waals surface area contributed by atoms with Crippen LogP contribution in [-0.4, -0.2) is 17.4 Å². The number of aromatic nitrogens is 1. The highest BCUT2D eigenvalue weighted by Crippen LogP contribution is 2.28. The van der Waals surface area contributed by atoms with Gasteiger partial charge < -0.3 is 4.90 Å². The van der Waals surface area contributed by atoms with Gasteiger partial charge in [0.1, 0.15) is 11.8 Å². The van der Waals surface area contributed by atoms with Crippen LogP contribution in [0.5, 0.6) is 0 Å². The third-order valence-corrected chi connectivity index (χ3v) is 3.24. The summed E-state index contributed by atoms with van der Waals surface area (Å²) >= 11 is 0. The molecule has 0 saturated carbocycles. The van der Waals surface area contributed by atoms with Crippen LogP contribution in [0.3, 0.4) is 0 Å². The summed E-state index contributed by atoms with van der Waals surface area (Å²) < 4.78 is 0. The van der Waals surface area contributed by atoms with Gasteiger partial charge in [0.2, 0.25) is 0 Å². The van der Waals surface area contributed by atoms with Crippen LogP contribution < -0.4 is 4.90 Å². The fourth-order valence-corrected chi connectivity index (χ4v) is 2.27. The smallest absolute Gasteiger partial charge is 0.276 e. The molecule has 0 spiro atoms. The van der Waals surface area contributed by atoms with Crippen molar-refractivity contribution in [3.05, 3.63) is 59.4 Å². The van der Waals surface area contributed by atoms with Gasteiger partial charge in [0, 0.05) is 18.4 Å². The summed E-state index contributed by atoms with van der Waals surface area (Å²) in [5.74, 6) is -0.116. The first-order chi connectivity index (χ1) is 9.29. The number of benzene rings is 1. The van der Waals surface area contributed by atoms with E-state index in [1.807, 2.05) is 30.3 Å². The maximum atomic E-state index is 12.4. The van der Waals surface area contributed by atoms with Crippen LogP contribution in [0.2, 0.25) is 0 Å². The molecule has 0 N–H and O–H groups in total. The van der Waals surface area contributed by atoms with Crippen LogP contribution in [0.25, 0.3) is 0 Å². The fourth-order valence-electron chi connectivity index (χ4n) is 2.27. The zero-order valence-corrected chi connectivity index (χ0v) is 10.2. The second-order valence-corrected chi connectivity index (χ2v) is 4.38. The number of hydrogen-bond donors (Lipinski definition) is 0. The van der Waals surface area contributed by atoms with Gasteiger partial charge in [0.05, 0.1) is 5.56 Å². The Bertz CT molecular complexity index is 671. The quantitative estimate of drug-likeness (QED) is 0.778. The number of pyridine rings is 1. The number of nitriles is 1. The first-order valence-electron chi connectivity index (χ1n) is 6.05. The number of anilines is 1. The molecule has 2 heterocycles. The number of rotatable bonds is 1. The fraction of sp³-hybridized carbons (Fsp3) is 0.133. The summed E-state index contributed by atoms with van der Waals surface area (Å²) in [4.78, 5) is 18.2. The summed E-state index contributed by atoms with van der Waals surface area (Å²) in [7, 11) is 0. The third-order valence-electron chi connectivity index (χ3n) is 3.24. The molecular weight excluding hydrogens is 238 g/mol. The van der Waals surface area contributed by atoms with Crippen LogP contribution in [-0.2, 0) is 6.42 Å². The van der Waals surface area contributed by atoms with E-state index in [0.29, 0.717) is 17.8 Å². The zero-order chi connectivity index (χ0) is 13.2. The van der Waals surface area contributed by atoms with Gasteiger partial charge in [0.25, 0.3) is 5.91 Å². The molecule has 1 aromatic heterocycles. The lowest BCUT2D eigenvalue weighted by Gasteiger charge is -2.16. The Morgan fingerprint density at radius 1 is 1.26 bits per heavy atom. The monoisotopic (exact) mass is 249 g/mol. The van der Waals surface area contributed by atoms with Gasteiger partial charge in [-0.25, -0.2) is 4.98 Å². The number of carbonyl (C=O) groups is 1. The van der Waals surface area contributed by atoms with Crippen LogP contribution in [0.15, 0.2) is 42.6 Å². The third kappa shape index (κ3) is 1.95. The molecule has 4 nitrogen and oxygen atoms in total. The van der Waals surface area contributed by atoms with E-state index in [1.54, 1.807) is 17.0 Å². The van der Waals surface area contributed by atoms with Gasteiger partial charge in [-0.05, 0) is 30.2 Å². The van der Waals surface area contributed by atoms with E-state index in [2.05, 4.69) is 4.98 Å². The Kier molecular flexibility index (Phi) is 2.73. The summed E-state index contributed by atoms with van der Waals surface area (Å²) in [6, 6.07) is 13.1. The van der Waals surface area contributed by atoms with E-state index in [1.165, 1.54) is 11.8 Å². The summed E-state index contributed by atoms with van der Waals surface area (Å²) in [6.07, 6.45) is 2.30. The van der Waals surface area contributed by atoms with Crippen molar-refractivity contribution in [2.45, 2.75) is 6.42 Å². The molecule has 0 fully saturated rings. The lowest BCUT2D eigenvalue weighted by atomic mass is 10.2. The predicted octanol–water partition coefficient (Wildman–Crippen LogP) is 2.16. The Labute approximate surface area is 110 Å². The second kappa shape index (κ2) is 4.54. The molecule has 1 amide bonds. The number of hydrogen-bond acceptors (Lipinski definition) is 3. The van der Waals surface area contributed by atoms with Crippen molar-refractivity contribution in [3.8, 4) is 6.07 Å². The van der Waals surface area contributed by atoms with Gasteiger partial charge in [0.15, 0.2) is 0 Å². The SMILES string of the molecule is N#Cc1ccc(C(=O)N2CCc3ccccc32)nc1. The van der Waals surface area contributed by atoms with E-state index >= 15 is 0 Å². The van der Waals surface area contributed by atoms with Crippen LogP contribution >= 0.6 is 0 Å². The van der Waals surface area contributed by atoms with Crippen LogP contribution in [0, 0.1) is 11.3 Å². The van der Waals surface area contributed by atoms with Gasteiger partial charge in [-0.2, -0.15) is 5.26 Å². The summed E-state index contributed by atoms with van der Waals surface area (Å²) in [6.45, 7) is 0.680. The molecule has 0 radical (unpaired) electrons. The van der Waals surface area contributed by atoms with Crippen molar-refractivity contribution >= 4 is 11.6 Å². The maximum Gasteiger partial charge on any atom is 0.276 e. The van der Waals surface area contributed by atoms with Gasteiger partial charge >= 0.3 is 0 Å². The molecule has 19 heavy (non-hydrogen) atoms. The Balaban J connectivity index is 1.91. The van der Waals surface area contributed by atoms with Crippen LogP contribution in [0.1, 0.15) is 21.6 Å². The number of carbonyl (C=O) groups excluding carboxylic acids is 1. The van der Waals surface area contributed by atoms with Gasteiger partial charge in [-0.1, -0.05) is 18.2 Å². The van der Waals surface area contributed by atoms with Crippen molar-refractivity contribution in [2.24, 2.45) is 0 Å². The van der Waals surface area contributed by atoms with E-state index in [0.717, 1.165) is 12.1 Å². The molecule has 1 aliphatic rings. The van der Waals surface area contributed by atoms with Gasteiger partial charge in [-0.15, -0.1) is 0 Å². The van der Waals surface area contributed by atoms with Crippen LogP contribution in [0.4, 0.5) is 5.69 Å². The molecule has 1 aromatic carbocycles. The first kappa shape index (κ1) is 11.4. The molecule has 0 unspecified atom stereocenters. The van der Waals surface area contributed by atoms with E-state index < -0.39 is 0 Å². The molecule has 3 rings (SSSR count). The highest BCUT2D eigenvalue weighted by atomic mass is 16.2. The first-order valence-corrected chi connectivity index (χ1v) is 6.05. The Morgan fingerprint density at radius 2 is 2.11 bits per heavy atom. The van der Waals surface area contributed by atoms with E-state index in [9.17, 15) is 4.79 Å². The maximum absolute atomic E-state index is 12.4. The average molecular weight is 249 g/mol. The number of fused-ring (bicyclic) bond motifs is 1. The standard InChI is InChI=1S/C15H11N3O/c16-9-11-5-6-13(17-10-11)15(19)18-8-7-12-3-1-2-4-14(12)18/h1-6,10H,7-8H2. The molecule has 0 bridgehead atoms. The molecule has 2 aromatic rings. The van der Waals surface area contributed by atoms with Crippen molar-refractivity contribution in [1.29, 1.82) is 5.26 Å². The second-order valence-electron chi connectivity index (χ2n) is 4.38. The molecule has 0 atom stereocenters. The number of nitrogens with zero attached hydrogens (tertiary/aromatic N) is 3. The molecule has 0 aliphatic carbocycles. The topological polar surface area (TPSA) is 57.0 Å². The number of amides is 1. The van der Waals surface area contributed by atoms with Gasteiger partial charge in [-0.3, -0.25) is 4.79 Å². The Hall–Kier alpha value is -2.67. The lowest BCUT2D eigenvalue weighted by molar-refractivity contribution is 0.0984. The van der Waals surface area contributed by atoms with Crippen molar-refractivity contribution < 1.29 is 4.79 Å². The van der Waals surface area contributed by atoms with Crippen molar-refractivity contribution in [3.63, 3.8) is 0 Å². The highest BCUT2D eigenvalue weighted by molar-refractivity contribution is 6.06. The zero-order valence-electron chi connectivity index (χ0n) is 10.2. The minimum atomic E-state index is -0.116. The molecule has 1 aliphatic heterocycles. The number of para-hydroxylation sites is 1. The predicted molar refractivity (Wildman–Crippen MR) is 70.8 cm³/mol. The van der Waals surface area contributed by atoms with Crippen molar-refractivity contribution in [1.82, 2.24) is 4.98 Å². The van der Waals surface area contributed by atoms with Crippen molar-refractivity contribution in [2.75, 3.05) is 11.4 Å². The van der Waals surface area contributed by atoms with E-state index in [-0.39, 0.29) is 5.91 Å². The minimum Gasteiger partial charge on any atom is -0.306 e. The average Bonchev–Trinajstić information content (AvgIpc) is 2.90. The Morgan fingerprint density at radius 3 is 2.84 bits per heavy atom. The minimum absolute atomic E-state index is 0.116. The molecule has 4 heteroatoms. The molecule has 92 valence electrons.